The van der Waals surface area contributed by atoms with Gasteiger partial charge in [0.2, 0.25) is 0 Å². The van der Waals surface area contributed by atoms with Crippen molar-refractivity contribution in [3.63, 3.8) is 0 Å². The molecule has 1 aromatic carbocycles. The number of nitrogens with zero attached hydrogens (tertiary/aromatic N) is 2. The van der Waals surface area contributed by atoms with Gasteiger partial charge in [-0.3, -0.25) is 15.0 Å². The summed E-state index contributed by atoms with van der Waals surface area (Å²) in [6.07, 6.45) is 0. The van der Waals surface area contributed by atoms with Crippen LogP contribution in [0.2, 0.25) is 0 Å². The van der Waals surface area contributed by atoms with Gasteiger partial charge in [0.05, 0.1) is 18.9 Å². The van der Waals surface area contributed by atoms with Gasteiger partial charge in [-0.15, -0.1) is 11.3 Å². The summed E-state index contributed by atoms with van der Waals surface area (Å²) in [5.41, 5.74) is 1.98. The number of thiazole rings is 1. The molecule has 1 saturated heterocycles. The van der Waals surface area contributed by atoms with E-state index in [-0.39, 0.29) is 12.5 Å². The maximum Gasteiger partial charge on any atom is 0.264 e. The third-order valence-corrected chi connectivity index (χ3v) is 4.55. The molecule has 0 atom stereocenters. The monoisotopic (exact) mass is 347 g/mol. The Hall–Kier alpha value is -1.96. The van der Waals surface area contributed by atoms with Crippen molar-refractivity contribution in [3.05, 3.63) is 40.9 Å². The van der Waals surface area contributed by atoms with Crippen LogP contribution in [0.1, 0.15) is 11.3 Å². The van der Waals surface area contributed by atoms with Crippen LogP contribution in [-0.4, -0.2) is 48.7 Å². The summed E-state index contributed by atoms with van der Waals surface area (Å²) in [6, 6.07) is 7.63. The molecule has 1 fully saturated rings. The lowest BCUT2D eigenvalue weighted by Gasteiger charge is -2.25. The minimum atomic E-state index is -0.203. The van der Waals surface area contributed by atoms with Crippen molar-refractivity contribution in [1.82, 2.24) is 9.88 Å². The Morgan fingerprint density at radius 2 is 2.17 bits per heavy atom. The van der Waals surface area contributed by atoms with Gasteiger partial charge in [-0.1, -0.05) is 18.2 Å². The first-order valence-corrected chi connectivity index (χ1v) is 8.81. The van der Waals surface area contributed by atoms with E-state index in [1.165, 1.54) is 11.3 Å². The molecule has 0 unspecified atom stereocenters. The van der Waals surface area contributed by atoms with Crippen molar-refractivity contribution in [2.75, 3.05) is 38.2 Å². The van der Waals surface area contributed by atoms with Crippen molar-refractivity contribution < 1.29 is 14.3 Å². The second-order valence-electron chi connectivity index (χ2n) is 5.63. The van der Waals surface area contributed by atoms with Gasteiger partial charge < -0.3 is 9.47 Å². The number of carbonyl (C=O) groups is 1. The van der Waals surface area contributed by atoms with Crippen LogP contribution in [0.5, 0.6) is 5.75 Å². The van der Waals surface area contributed by atoms with Gasteiger partial charge in [0.15, 0.2) is 11.7 Å². The number of nitrogens with one attached hydrogen (secondary N) is 1. The summed E-state index contributed by atoms with van der Waals surface area (Å²) >= 11 is 1.43. The molecule has 6 nitrogen and oxygen atoms in total. The zero-order valence-electron chi connectivity index (χ0n) is 13.7. The number of para-hydroxylation sites is 1. The molecular weight excluding hydrogens is 326 g/mol. The van der Waals surface area contributed by atoms with Crippen LogP contribution in [0.25, 0.3) is 0 Å². The molecular formula is C17H21N3O3S. The second kappa shape index (κ2) is 8.23. The van der Waals surface area contributed by atoms with Gasteiger partial charge in [-0.2, -0.15) is 0 Å². The van der Waals surface area contributed by atoms with E-state index in [1.54, 1.807) is 0 Å². The number of hydrogen-bond donors (Lipinski definition) is 1. The molecule has 24 heavy (non-hydrogen) atoms. The van der Waals surface area contributed by atoms with E-state index in [0.717, 1.165) is 49.9 Å². The van der Waals surface area contributed by atoms with Crippen LogP contribution < -0.4 is 10.1 Å². The molecule has 2 heterocycles. The topological polar surface area (TPSA) is 63.7 Å². The van der Waals surface area contributed by atoms with Crippen LogP contribution in [0.3, 0.4) is 0 Å². The lowest BCUT2D eigenvalue weighted by atomic mass is 10.2. The lowest BCUT2D eigenvalue weighted by molar-refractivity contribution is -0.118. The SMILES string of the molecule is Cc1ccccc1OCC(=O)Nc1nc(CN2CCOCC2)cs1. The number of morpholine rings is 1. The summed E-state index contributed by atoms with van der Waals surface area (Å²) in [5.74, 6) is 0.519. The molecule has 128 valence electrons. The third-order valence-electron chi connectivity index (χ3n) is 3.74. The van der Waals surface area contributed by atoms with E-state index < -0.39 is 0 Å². The maximum absolute atomic E-state index is 12.0. The molecule has 2 aromatic rings. The van der Waals surface area contributed by atoms with E-state index in [9.17, 15) is 4.79 Å². The Balaban J connectivity index is 1.47. The van der Waals surface area contributed by atoms with Crippen LogP contribution in [-0.2, 0) is 16.1 Å². The number of hydrogen-bond acceptors (Lipinski definition) is 6. The molecule has 0 aliphatic carbocycles. The summed E-state index contributed by atoms with van der Waals surface area (Å²) in [7, 11) is 0. The minimum Gasteiger partial charge on any atom is -0.483 e. The fourth-order valence-electron chi connectivity index (χ4n) is 2.44. The Labute approximate surface area is 145 Å². The van der Waals surface area contributed by atoms with Gasteiger partial charge >= 0.3 is 0 Å². The van der Waals surface area contributed by atoms with Crippen molar-refractivity contribution >= 4 is 22.4 Å². The van der Waals surface area contributed by atoms with Gasteiger partial charge in [0.25, 0.3) is 5.91 Å². The lowest BCUT2D eigenvalue weighted by Crippen LogP contribution is -2.35. The molecule has 0 bridgehead atoms. The van der Waals surface area contributed by atoms with E-state index in [0.29, 0.717) is 5.13 Å². The standard InChI is InChI=1S/C17H21N3O3S/c1-13-4-2-3-5-15(13)23-11-16(21)19-17-18-14(12-24-17)10-20-6-8-22-9-7-20/h2-5,12H,6-11H2,1H3,(H,18,19,21). The van der Waals surface area contributed by atoms with Gasteiger partial charge in [0, 0.05) is 25.0 Å². The highest BCUT2D eigenvalue weighted by Gasteiger charge is 2.13. The first-order valence-electron chi connectivity index (χ1n) is 7.93. The van der Waals surface area contributed by atoms with Crippen LogP contribution in [0, 0.1) is 6.92 Å². The molecule has 0 saturated carbocycles. The molecule has 3 rings (SSSR count). The average molecular weight is 347 g/mol. The third kappa shape index (κ3) is 4.77. The molecule has 1 aliphatic heterocycles. The van der Waals surface area contributed by atoms with Gasteiger partial charge in [-0.05, 0) is 18.6 Å². The Morgan fingerprint density at radius 1 is 1.38 bits per heavy atom. The number of amides is 1. The highest BCUT2D eigenvalue weighted by atomic mass is 32.1. The summed E-state index contributed by atoms with van der Waals surface area (Å²) < 4.78 is 10.9. The Kier molecular flexibility index (Phi) is 5.79. The number of ether oxygens (including phenoxy) is 2. The first-order chi connectivity index (χ1) is 11.7. The van der Waals surface area contributed by atoms with Crippen LogP contribution in [0.15, 0.2) is 29.6 Å². The van der Waals surface area contributed by atoms with Gasteiger partial charge in [0.1, 0.15) is 5.75 Å². The fourth-order valence-corrected chi connectivity index (χ4v) is 3.16. The van der Waals surface area contributed by atoms with Crippen molar-refractivity contribution in [2.24, 2.45) is 0 Å². The van der Waals surface area contributed by atoms with Crippen molar-refractivity contribution in [2.45, 2.75) is 13.5 Å². The number of benzene rings is 1. The smallest absolute Gasteiger partial charge is 0.264 e. The number of carbonyl (C=O) groups excluding carboxylic acids is 1. The average Bonchev–Trinajstić information content (AvgIpc) is 3.02. The molecule has 1 aromatic heterocycles. The van der Waals surface area contributed by atoms with Crippen molar-refractivity contribution in [3.8, 4) is 5.75 Å². The van der Waals surface area contributed by atoms with Crippen LogP contribution in [0.4, 0.5) is 5.13 Å². The van der Waals surface area contributed by atoms with E-state index in [4.69, 9.17) is 9.47 Å². The number of aromatic nitrogens is 1. The maximum atomic E-state index is 12.0. The highest BCUT2D eigenvalue weighted by Crippen LogP contribution is 2.18. The normalized spacial score (nSPS) is 15.2. The number of anilines is 1. The fraction of sp³-hybridized carbons (Fsp3) is 0.412. The van der Waals surface area contributed by atoms with Gasteiger partial charge in [-0.25, -0.2) is 4.98 Å². The number of rotatable bonds is 6. The quantitative estimate of drug-likeness (QED) is 0.869. The summed E-state index contributed by atoms with van der Waals surface area (Å²) in [4.78, 5) is 18.8. The molecule has 1 N–H and O–H groups in total. The predicted molar refractivity (Wildman–Crippen MR) is 93.5 cm³/mol. The minimum absolute atomic E-state index is 0.0246. The molecule has 1 aliphatic rings. The number of aryl methyl sites for hydroxylation is 1. The Morgan fingerprint density at radius 3 is 2.96 bits per heavy atom. The van der Waals surface area contributed by atoms with E-state index >= 15 is 0 Å². The molecule has 7 heteroatoms. The first kappa shape index (κ1) is 16.9. The van der Waals surface area contributed by atoms with E-state index in [1.807, 2.05) is 36.6 Å². The molecule has 0 radical (unpaired) electrons. The second-order valence-corrected chi connectivity index (χ2v) is 6.49. The van der Waals surface area contributed by atoms with Crippen molar-refractivity contribution in [1.29, 1.82) is 0 Å². The van der Waals surface area contributed by atoms with E-state index in [2.05, 4.69) is 15.2 Å². The summed E-state index contributed by atoms with van der Waals surface area (Å²) in [5, 5.41) is 5.38. The highest BCUT2D eigenvalue weighted by molar-refractivity contribution is 7.13. The summed E-state index contributed by atoms with van der Waals surface area (Å²) in [6.45, 7) is 6.09. The van der Waals surface area contributed by atoms with Crippen LogP contribution >= 0.6 is 11.3 Å². The predicted octanol–water partition coefficient (Wildman–Crippen LogP) is 2.30. The molecule has 0 spiro atoms. The zero-order valence-corrected chi connectivity index (χ0v) is 14.5. The largest absolute Gasteiger partial charge is 0.483 e. The Bertz CT molecular complexity index is 683. The zero-order chi connectivity index (χ0) is 16.8. The molecule has 1 amide bonds.